The molecule has 124 valence electrons. The zero-order chi connectivity index (χ0) is 15.4. The molecule has 1 aromatic rings. The average molecular weight is 368 g/mol. The quantitative estimate of drug-likeness (QED) is 0.748. The number of carbonyl (C=O) groups is 1. The number of nitrogens with one attached hydrogen (secondary N) is 1. The van der Waals surface area contributed by atoms with Crippen LogP contribution in [0.15, 0.2) is 18.2 Å². The predicted octanol–water partition coefficient (Wildman–Crippen LogP) is 3.08. The number of amides is 1. The smallest absolute Gasteiger partial charge is 0.220 e. The molecule has 7 heteroatoms. The number of hydrogen-bond acceptors (Lipinski definition) is 3. The molecule has 0 aliphatic heterocycles. The minimum absolute atomic E-state index is 0. The molecular formula is C15H21Cl3N2O2. The van der Waals surface area contributed by atoms with Gasteiger partial charge in [-0.3, -0.25) is 4.79 Å². The lowest BCUT2D eigenvalue weighted by atomic mass is 10.00. The van der Waals surface area contributed by atoms with E-state index in [1.54, 1.807) is 18.2 Å². The van der Waals surface area contributed by atoms with Gasteiger partial charge < -0.3 is 16.2 Å². The first kappa shape index (κ1) is 19.5. The zero-order valence-corrected chi connectivity index (χ0v) is 14.4. The van der Waals surface area contributed by atoms with Gasteiger partial charge in [0.05, 0.1) is 6.10 Å². The summed E-state index contributed by atoms with van der Waals surface area (Å²) in [5, 5.41) is 13.6. The monoisotopic (exact) mass is 366 g/mol. The van der Waals surface area contributed by atoms with Gasteiger partial charge in [0.1, 0.15) is 0 Å². The fourth-order valence-corrected chi connectivity index (χ4v) is 3.42. The molecule has 3 atom stereocenters. The Morgan fingerprint density at radius 3 is 2.55 bits per heavy atom. The van der Waals surface area contributed by atoms with Gasteiger partial charge in [-0.05, 0) is 30.9 Å². The van der Waals surface area contributed by atoms with Crippen LogP contribution in [-0.4, -0.2) is 23.6 Å². The number of halogens is 3. The van der Waals surface area contributed by atoms with Gasteiger partial charge in [-0.15, -0.1) is 12.4 Å². The minimum atomic E-state index is -0.924. The molecule has 1 fully saturated rings. The molecule has 1 aliphatic carbocycles. The highest BCUT2D eigenvalue weighted by atomic mass is 35.5. The lowest BCUT2D eigenvalue weighted by Crippen LogP contribution is -2.33. The van der Waals surface area contributed by atoms with Gasteiger partial charge in [-0.25, -0.2) is 0 Å². The van der Waals surface area contributed by atoms with Crippen molar-refractivity contribution in [2.45, 2.75) is 37.8 Å². The predicted molar refractivity (Wildman–Crippen MR) is 91.6 cm³/mol. The van der Waals surface area contributed by atoms with Gasteiger partial charge in [0, 0.05) is 34.6 Å². The molecular weight excluding hydrogens is 347 g/mol. The molecule has 1 aromatic carbocycles. The minimum Gasteiger partial charge on any atom is -0.386 e. The van der Waals surface area contributed by atoms with Crippen LogP contribution < -0.4 is 11.1 Å². The summed E-state index contributed by atoms with van der Waals surface area (Å²) < 4.78 is 0. The average Bonchev–Trinajstić information content (AvgIpc) is 2.82. The number of hydrogen-bond donors (Lipinski definition) is 3. The van der Waals surface area contributed by atoms with Gasteiger partial charge >= 0.3 is 0 Å². The van der Waals surface area contributed by atoms with E-state index in [2.05, 4.69) is 5.32 Å². The van der Waals surface area contributed by atoms with Crippen LogP contribution in [-0.2, 0) is 4.79 Å². The van der Waals surface area contributed by atoms with E-state index in [0.717, 1.165) is 19.3 Å². The Morgan fingerprint density at radius 1 is 1.36 bits per heavy atom. The molecule has 2 rings (SSSR count). The standard InChI is InChI=1S/C15H20Cl2N2O2.ClH/c16-10-4-2-5-11(17)15(10)13(20)8-19-14(21)7-9-3-1-6-12(9)18;/h2,4-5,9,12-13,20H,1,3,6-8,18H2,(H,19,21);1H/t9-,12+,13?;/m0./s1. The highest BCUT2D eigenvalue weighted by molar-refractivity contribution is 6.36. The third-order valence-corrected chi connectivity index (χ3v) is 4.65. The topological polar surface area (TPSA) is 75.4 Å². The number of carbonyl (C=O) groups excluding carboxylic acids is 1. The van der Waals surface area contributed by atoms with Crippen LogP contribution >= 0.6 is 35.6 Å². The highest BCUT2D eigenvalue weighted by Crippen LogP contribution is 2.30. The number of benzene rings is 1. The molecule has 0 radical (unpaired) electrons. The molecule has 1 unspecified atom stereocenters. The third kappa shape index (κ3) is 5.00. The number of nitrogens with two attached hydrogens (primary N) is 1. The van der Waals surface area contributed by atoms with Crippen LogP contribution in [0.2, 0.25) is 10.0 Å². The third-order valence-electron chi connectivity index (χ3n) is 3.99. The summed E-state index contributed by atoms with van der Waals surface area (Å²) in [6.45, 7) is 0.0875. The maximum Gasteiger partial charge on any atom is 0.220 e. The molecule has 0 aromatic heterocycles. The van der Waals surface area contributed by atoms with E-state index in [1.165, 1.54) is 0 Å². The van der Waals surface area contributed by atoms with Crippen LogP contribution in [0.4, 0.5) is 0 Å². The molecule has 22 heavy (non-hydrogen) atoms. The maximum absolute atomic E-state index is 11.9. The summed E-state index contributed by atoms with van der Waals surface area (Å²) in [7, 11) is 0. The van der Waals surface area contributed by atoms with Crippen molar-refractivity contribution in [3.63, 3.8) is 0 Å². The van der Waals surface area contributed by atoms with Crippen molar-refractivity contribution in [2.24, 2.45) is 11.7 Å². The van der Waals surface area contributed by atoms with Crippen molar-refractivity contribution in [2.75, 3.05) is 6.54 Å². The Kier molecular flexibility index (Phi) is 7.94. The highest BCUT2D eigenvalue weighted by Gasteiger charge is 2.26. The lowest BCUT2D eigenvalue weighted by Gasteiger charge is -2.17. The molecule has 1 saturated carbocycles. The number of aliphatic hydroxyl groups is 1. The zero-order valence-electron chi connectivity index (χ0n) is 12.1. The largest absolute Gasteiger partial charge is 0.386 e. The van der Waals surface area contributed by atoms with Gasteiger partial charge in [-0.1, -0.05) is 35.7 Å². The Balaban J connectivity index is 0.00000242. The normalized spacial score (nSPS) is 22.0. The van der Waals surface area contributed by atoms with Crippen molar-refractivity contribution in [1.29, 1.82) is 0 Å². The number of aliphatic hydroxyl groups excluding tert-OH is 1. The summed E-state index contributed by atoms with van der Waals surface area (Å²) in [6, 6.07) is 5.14. The van der Waals surface area contributed by atoms with Crippen molar-refractivity contribution in [1.82, 2.24) is 5.32 Å². The Hall–Kier alpha value is -0.520. The van der Waals surface area contributed by atoms with Crippen molar-refractivity contribution < 1.29 is 9.90 Å². The molecule has 0 bridgehead atoms. The van der Waals surface area contributed by atoms with E-state index in [0.29, 0.717) is 22.0 Å². The van der Waals surface area contributed by atoms with E-state index < -0.39 is 6.10 Å². The van der Waals surface area contributed by atoms with E-state index >= 15 is 0 Å². The van der Waals surface area contributed by atoms with Crippen LogP contribution in [0.3, 0.4) is 0 Å². The summed E-state index contributed by atoms with van der Waals surface area (Å²) in [6.07, 6.45) is 2.54. The molecule has 1 aliphatic rings. The van der Waals surface area contributed by atoms with E-state index in [4.69, 9.17) is 28.9 Å². The van der Waals surface area contributed by atoms with E-state index in [9.17, 15) is 9.90 Å². The second kappa shape index (κ2) is 8.94. The molecule has 0 heterocycles. The SMILES string of the molecule is Cl.N[C@@H]1CCC[C@H]1CC(=O)NCC(O)c1c(Cl)cccc1Cl. The summed E-state index contributed by atoms with van der Waals surface area (Å²) in [5.41, 5.74) is 6.39. The fraction of sp³-hybridized carbons (Fsp3) is 0.533. The molecule has 4 N–H and O–H groups in total. The Bertz CT molecular complexity index is 493. The van der Waals surface area contributed by atoms with Crippen molar-refractivity contribution >= 4 is 41.5 Å². The Morgan fingerprint density at radius 2 is 2.00 bits per heavy atom. The van der Waals surface area contributed by atoms with Gasteiger partial charge in [0.15, 0.2) is 0 Å². The first-order chi connectivity index (χ1) is 9.99. The second-order valence-corrected chi connectivity index (χ2v) is 6.33. The maximum atomic E-state index is 11.9. The summed E-state index contributed by atoms with van der Waals surface area (Å²) in [5.74, 6) is 0.144. The molecule has 1 amide bonds. The van der Waals surface area contributed by atoms with Crippen LogP contribution in [0.5, 0.6) is 0 Å². The Labute approximate surface area is 146 Å². The van der Waals surface area contributed by atoms with E-state index in [1.807, 2.05) is 0 Å². The second-order valence-electron chi connectivity index (χ2n) is 5.51. The molecule has 4 nitrogen and oxygen atoms in total. The summed E-state index contributed by atoms with van der Waals surface area (Å²) >= 11 is 12.0. The first-order valence-electron chi connectivity index (χ1n) is 7.13. The van der Waals surface area contributed by atoms with Crippen molar-refractivity contribution in [3.8, 4) is 0 Å². The van der Waals surface area contributed by atoms with Gasteiger partial charge in [0.25, 0.3) is 0 Å². The molecule has 0 spiro atoms. The van der Waals surface area contributed by atoms with Gasteiger partial charge in [-0.2, -0.15) is 0 Å². The van der Waals surface area contributed by atoms with Crippen LogP contribution in [0.1, 0.15) is 37.4 Å². The first-order valence-corrected chi connectivity index (χ1v) is 7.89. The van der Waals surface area contributed by atoms with Crippen molar-refractivity contribution in [3.05, 3.63) is 33.8 Å². The lowest BCUT2D eigenvalue weighted by molar-refractivity contribution is -0.122. The summed E-state index contributed by atoms with van der Waals surface area (Å²) in [4.78, 5) is 11.9. The number of rotatable bonds is 5. The van der Waals surface area contributed by atoms with E-state index in [-0.39, 0.29) is 36.8 Å². The fourth-order valence-electron chi connectivity index (χ4n) is 2.77. The van der Waals surface area contributed by atoms with Gasteiger partial charge in [0.2, 0.25) is 5.91 Å². The van der Waals surface area contributed by atoms with Crippen LogP contribution in [0, 0.1) is 5.92 Å². The molecule has 0 saturated heterocycles. The van der Waals surface area contributed by atoms with Crippen LogP contribution in [0.25, 0.3) is 0 Å².